The van der Waals surface area contributed by atoms with Gasteiger partial charge >= 0.3 is 0 Å². The third-order valence-corrected chi connectivity index (χ3v) is 2.39. The fourth-order valence-electron chi connectivity index (χ4n) is 1.20. The van der Waals surface area contributed by atoms with Crippen LogP contribution in [0.15, 0.2) is 29.4 Å². The minimum atomic E-state index is 0.591. The van der Waals surface area contributed by atoms with E-state index in [0.29, 0.717) is 5.88 Å². The number of hydrogen-bond donors (Lipinski definition) is 0. The molecule has 0 bridgehead atoms. The van der Waals surface area contributed by atoms with Crippen molar-refractivity contribution in [1.82, 2.24) is 5.01 Å². The minimum absolute atomic E-state index is 0.591. The van der Waals surface area contributed by atoms with Crippen molar-refractivity contribution >= 4 is 23.5 Å². The smallest absolute Gasteiger partial charge is 0.0542 e. The quantitative estimate of drug-likeness (QED) is 0.446. The molecule has 16 heavy (non-hydrogen) atoms. The summed E-state index contributed by atoms with van der Waals surface area (Å²) in [6, 6.07) is 8.24. The summed E-state index contributed by atoms with van der Waals surface area (Å²) in [5, 5.41) is 6.10. The number of anilines is 1. The van der Waals surface area contributed by atoms with Crippen LogP contribution in [0.3, 0.4) is 0 Å². The molecule has 88 valence electrons. The van der Waals surface area contributed by atoms with E-state index in [4.69, 9.17) is 11.6 Å². The number of alkyl halides is 1. The van der Waals surface area contributed by atoms with E-state index in [1.807, 2.05) is 44.5 Å². The maximum atomic E-state index is 5.61. The Kier molecular flexibility index (Phi) is 5.12. The Morgan fingerprint density at radius 2 is 1.81 bits per heavy atom. The Labute approximate surface area is 102 Å². The molecule has 0 unspecified atom stereocenters. The molecule has 0 aliphatic carbocycles. The molecular formula is C12H18ClN3. The van der Waals surface area contributed by atoms with Gasteiger partial charge in [0.05, 0.1) is 6.21 Å². The molecule has 0 aromatic heterocycles. The molecule has 1 rings (SSSR count). The van der Waals surface area contributed by atoms with Gasteiger partial charge in [-0.25, -0.2) is 0 Å². The predicted molar refractivity (Wildman–Crippen MR) is 71.7 cm³/mol. The van der Waals surface area contributed by atoms with Crippen LogP contribution < -0.4 is 4.90 Å². The fraction of sp³-hybridized carbons (Fsp3) is 0.417. The average Bonchev–Trinajstić information content (AvgIpc) is 2.27. The zero-order chi connectivity index (χ0) is 12.0. The third-order valence-electron chi connectivity index (χ3n) is 2.22. The van der Waals surface area contributed by atoms with Crippen LogP contribution in [0.4, 0.5) is 5.69 Å². The standard InChI is InChI=1S/C12H18ClN3/c1-15(2)12-6-4-11(5-7-12)10-14-16(3)9-8-13/h4-7,10H,8-9H2,1-3H3/b14-10+. The molecule has 1 aromatic carbocycles. The molecule has 1 aromatic rings. The van der Waals surface area contributed by atoms with Crippen molar-refractivity contribution < 1.29 is 0 Å². The summed E-state index contributed by atoms with van der Waals surface area (Å²) >= 11 is 5.61. The summed E-state index contributed by atoms with van der Waals surface area (Å²) in [4.78, 5) is 2.07. The number of hydrogen-bond acceptors (Lipinski definition) is 3. The molecule has 0 saturated heterocycles. The molecule has 3 nitrogen and oxygen atoms in total. The maximum absolute atomic E-state index is 5.61. The summed E-state index contributed by atoms with van der Waals surface area (Å²) in [7, 11) is 5.96. The Morgan fingerprint density at radius 3 is 2.31 bits per heavy atom. The van der Waals surface area contributed by atoms with Gasteiger partial charge in [0, 0.05) is 39.3 Å². The lowest BCUT2D eigenvalue weighted by Gasteiger charge is -2.12. The van der Waals surface area contributed by atoms with Crippen LogP contribution in [0.5, 0.6) is 0 Å². The van der Waals surface area contributed by atoms with E-state index in [1.54, 1.807) is 0 Å². The molecule has 4 heteroatoms. The van der Waals surface area contributed by atoms with Crippen LogP contribution >= 0.6 is 11.6 Å². The lowest BCUT2D eigenvalue weighted by Crippen LogP contribution is -2.13. The highest BCUT2D eigenvalue weighted by Gasteiger charge is 1.94. The lowest BCUT2D eigenvalue weighted by molar-refractivity contribution is 0.380. The Bertz CT molecular complexity index is 333. The molecule has 0 radical (unpaired) electrons. The predicted octanol–water partition coefficient (Wildman–Crippen LogP) is 2.26. The molecule has 0 aliphatic heterocycles. The molecule has 0 fully saturated rings. The first-order chi connectivity index (χ1) is 7.63. The summed E-state index contributed by atoms with van der Waals surface area (Å²) in [5.41, 5.74) is 2.28. The van der Waals surface area contributed by atoms with E-state index < -0.39 is 0 Å². The van der Waals surface area contributed by atoms with Gasteiger partial charge < -0.3 is 4.90 Å². The van der Waals surface area contributed by atoms with E-state index in [1.165, 1.54) is 5.69 Å². The van der Waals surface area contributed by atoms with Crippen LogP contribution in [-0.2, 0) is 0 Å². The third kappa shape index (κ3) is 4.11. The molecule has 0 amide bonds. The van der Waals surface area contributed by atoms with E-state index in [0.717, 1.165) is 12.1 Å². The largest absolute Gasteiger partial charge is 0.378 e. The topological polar surface area (TPSA) is 18.8 Å². The van der Waals surface area contributed by atoms with E-state index >= 15 is 0 Å². The number of halogens is 1. The Hall–Kier alpha value is -1.22. The summed E-state index contributed by atoms with van der Waals surface area (Å²) in [5.74, 6) is 0.591. The summed E-state index contributed by atoms with van der Waals surface area (Å²) in [6.45, 7) is 0.758. The second-order valence-corrected chi connectivity index (χ2v) is 4.18. The minimum Gasteiger partial charge on any atom is -0.378 e. The average molecular weight is 240 g/mol. The second kappa shape index (κ2) is 6.38. The van der Waals surface area contributed by atoms with Gasteiger partial charge in [0.15, 0.2) is 0 Å². The van der Waals surface area contributed by atoms with Gasteiger partial charge in [-0.1, -0.05) is 12.1 Å². The first-order valence-corrected chi connectivity index (χ1v) is 5.75. The highest BCUT2D eigenvalue weighted by molar-refractivity contribution is 6.18. The van der Waals surface area contributed by atoms with Crippen LogP contribution in [0.2, 0.25) is 0 Å². The molecule has 0 aliphatic rings. The molecule has 0 spiro atoms. The number of hydrazone groups is 1. The Balaban J connectivity index is 2.61. The van der Waals surface area contributed by atoms with Gasteiger partial charge in [0.25, 0.3) is 0 Å². The maximum Gasteiger partial charge on any atom is 0.0542 e. The van der Waals surface area contributed by atoms with Crippen LogP contribution in [0, 0.1) is 0 Å². The van der Waals surface area contributed by atoms with Gasteiger partial charge in [-0.2, -0.15) is 5.10 Å². The lowest BCUT2D eigenvalue weighted by atomic mass is 10.2. The zero-order valence-electron chi connectivity index (χ0n) is 10.0. The summed E-state index contributed by atoms with van der Waals surface area (Å²) < 4.78 is 0. The van der Waals surface area contributed by atoms with E-state index in [2.05, 4.69) is 22.1 Å². The monoisotopic (exact) mass is 239 g/mol. The normalized spacial score (nSPS) is 10.8. The fourth-order valence-corrected chi connectivity index (χ4v) is 1.45. The molecule has 0 saturated carbocycles. The van der Waals surface area contributed by atoms with Gasteiger partial charge in [-0.3, -0.25) is 5.01 Å². The van der Waals surface area contributed by atoms with Crippen molar-refractivity contribution in [1.29, 1.82) is 0 Å². The molecule has 0 heterocycles. The zero-order valence-corrected chi connectivity index (χ0v) is 10.8. The van der Waals surface area contributed by atoms with Crippen molar-refractivity contribution in [2.24, 2.45) is 5.10 Å². The van der Waals surface area contributed by atoms with Gasteiger partial charge in [-0.15, -0.1) is 11.6 Å². The number of nitrogens with zero attached hydrogens (tertiary/aromatic N) is 3. The summed E-state index contributed by atoms with van der Waals surface area (Å²) in [6.07, 6.45) is 1.84. The van der Waals surface area contributed by atoms with Crippen LogP contribution in [0.1, 0.15) is 5.56 Å². The van der Waals surface area contributed by atoms with Crippen molar-refractivity contribution in [3.63, 3.8) is 0 Å². The number of rotatable bonds is 5. The molecular weight excluding hydrogens is 222 g/mol. The van der Waals surface area contributed by atoms with Crippen molar-refractivity contribution in [3.8, 4) is 0 Å². The van der Waals surface area contributed by atoms with E-state index in [-0.39, 0.29) is 0 Å². The van der Waals surface area contributed by atoms with Gasteiger partial charge in [0.2, 0.25) is 0 Å². The molecule has 0 atom stereocenters. The van der Waals surface area contributed by atoms with Gasteiger partial charge in [-0.05, 0) is 17.7 Å². The first-order valence-electron chi connectivity index (χ1n) is 5.22. The van der Waals surface area contributed by atoms with Crippen LogP contribution in [0.25, 0.3) is 0 Å². The van der Waals surface area contributed by atoms with Crippen molar-refractivity contribution in [2.75, 3.05) is 38.5 Å². The first kappa shape index (κ1) is 12.8. The highest BCUT2D eigenvalue weighted by Crippen LogP contribution is 2.10. The van der Waals surface area contributed by atoms with E-state index in [9.17, 15) is 0 Å². The number of benzene rings is 1. The Morgan fingerprint density at radius 1 is 1.19 bits per heavy atom. The van der Waals surface area contributed by atoms with Crippen LogP contribution in [-0.4, -0.2) is 44.8 Å². The van der Waals surface area contributed by atoms with Gasteiger partial charge in [0.1, 0.15) is 0 Å². The van der Waals surface area contributed by atoms with Crippen molar-refractivity contribution in [3.05, 3.63) is 29.8 Å². The van der Waals surface area contributed by atoms with Crippen molar-refractivity contribution in [2.45, 2.75) is 0 Å². The highest BCUT2D eigenvalue weighted by atomic mass is 35.5. The SMILES string of the molecule is CN(CCCl)/N=C/c1ccc(N(C)C)cc1. The second-order valence-electron chi connectivity index (χ2n) is 3.80. The molecule has 0 N–H and O–H groups in total.